The number of hydrogen-bond acceptors (Lipinski definition) is 3. The van der Waals surface area contributed by atoms with Crippen molar-refractivity contribution in [2.24, 2.45) is 0 Å². The summed E-state index contributed by atoms with van der Waals surface area (Å²) in [7, 11) is 0. The van der Waals surface area contributed by atoms with Gasteiger partial charge in [-0.05, 0) is 24.3 Å². The highest BCUT2D eigenvalue weighted by molar-refractivity contribution is 9.10. The van der Waals surface area contributed by atoms with Crippen molar-refractivity contribution in [2.75, 3.05) is 0 Å². The van der Waals surface area contributed by atoms with Gasteiger partial charge in [0.25, 0.3) is 0 Å². The summed E-state index contributed by atoms with van der Waals surface area (Å²) >= 11 is 4.86. The molecular formula is C12H13BrN2OS. The highest BCUT2D eigenvalue weighted by Gasteiger charge is 2.06. The summed E-state index contributed by atoms with van der Waals surface area (Å²) in [6.07, 6.45) is 6.11. The minimum atomic E-state index is -0.390. The van der Waals surface area contributed by atoms with Gasteiger partial charge < -0.3 is 9.67 Å². The molecule has 3 nitrogen and oxygen atoms in total. The first-order valence-corrected chi connectivity index (χ1v) is 6.97. The Morgan fingerprint density at radius 3 is 2.76 bits per heavy atom. The van der Waals surface area contributed by atoms with Gasteiger partial charge in [0.2, 0.25) is 0 Å². The van der Waals surface area contributed by atoms with E-state index in [2.05, 4.69) is 20.9 Å². The molecule has 1 aromatic heterocycles. The number of aryl methyl sites for hydroxylation is 1. The Bertz CT molecular complexity index is 444. The Balaban J connectivity index is 1.80. The lowest BCUT2D eigenvalue weighted by Gasteiger charge is -2.10. The van der Waals surface area contributed by atoms with Gasteiger partial charge in [0.15, 0.2) is 0 Å². The van der Waals surface area contributed by atoms with Crippen molar-refractivity contribution in [2.45, 2.75) is 23.3 Å². The van der Waals surface area contributed by atoms with Crippen molar-refractivity contribution in [3.05, 3.63) is 47.5 Å². The fourth-order valence-electron chi connectivity index (χ4n) is 1.41. The molecule has 0 saturated heterocycles. The molecule has 2 rings (SSSR count). The maximum atomic E-state index is 9.89. The molecule has 2 aromatic rings. The molecule has 0 aliphatic heterocycles. The first-order chi connectivity index (χ1) is 8.24. The van der Waals surface area contributed by atoms with Crippen LogP contribution >= 0.6 is 27.7 Å². The van der Waals surface area contributed by atoms with E-state index in [0.29, 0.717) is 6.42 Å². The van der Waals surface area contributed by atoms with E-state index in [1.165, 1.54) is 11.8 Å². The minimum Gasteiger partial charge on any atom is -0.382 e. The van der Waals surface area contributed by atoms with Crippen LogP contribution in [0.4, 0.5) is 0 Å². The Labute approximate surface area is 113 Å². The molecule has 0 spiro atoms. The molecule has 17 heavy (non-hydrogen) atoms. The van der Waals surface area contributed by atoms with Crippen LogP contribution in [-0.2, 0) is 6.54 Å². The molecule has 0 amide bonds. The van der Waals surface area contributed by atoms with Crippen molar-refractivity contribution in [3.8, 4) is 0 Å². The van der Waals surface area contributed by atoms with E-state index in [1.54, 1.807) is 12.5 Å². The maximum Gasteiger partial charge on any atom is 0.105 e. The van der Waals surface area contributed by atoms with Crippen LogP contribution in [0.5, 0.6) is 0 Å². The van der Waals surface area contributed by atoms with Crippen molar-refractivity contribution in [3.63, 3.8) is 0 Å². The third-order valence-corrected chi connectivity index (χ3v) is 3.86. The number of aliphatic hydroxyl groups is 1. The molecule has 0 bridgehead atoms. The van der Waals surface area contributed by atoms with Crippen LogP contribution in [0.2, 0.25) is 0 Å². The van der Waals surface area contributed by atoms with Gasteiger partial charge in [0.1, 0.15) is 5.44 Å². The molecule has 1 aromatic carbocycles. The highest BCUT2D eigenvalue weighted by atomic mass is 79.9. The molecular weight excluding hydrogens is 300 g/mol. The summed E-state index contributed by atoms with van der Waals surface area (Å²) in [5, 5.41) is 9.89. The fraction of sp³-hybridized carbons (Fsp3) is 0.250. The van der Waals surface area contributed by atoms with Gasteiger partial charge in [0, 0.05) is 34.7 Å². The van der Waals surface area contributed by atoms with Crippen molar-refractivity contribution < 1.29 is 5.11 Å². The smallest absolute Gasteiger partial charge is 0.105 e. The lowest BCUT2D eigenvalue weighted by Crippen LogP contribution is -2.06. The van der Waals surface area contributed by atoms with Gasteiger partial charge in [-0.1, -0.05) is 27.7 Å². The van der Waals surface area contributed by atoms with Gasteiger partial charge >= 0.3 is 0 Å². The van der Waals surface area contributed by atoms with Crippen LogP contribution in [0, 0.1) is 0 Å². The van der Waals surface area contributed by atoms with Crippen molar-refractivity contribution in [1.29, 1.82) is 0 Å². The van der Waals surface area contributed by atoms with E-state index in [0.717, 1.165) is 15.9 Å². The average Bonchev–Trinajstić information content (AvgIpc) is 2.83. The van der Waals surface area contributed by atoms with E-state index in [4.69, 9.17) is 0 Å². The SMILES string of the molecule is OC(CCn1ccnc1)Sc1ccc(Br)cc1. The standard InChI is InChI=1S/C12H13BrN2OS/c13-10-1-3-11(4-2-10)17-12(16)5-7-15-8-6-14-9-15/h1-4,6,8-9,12,16H,5,7H2. The normalized spacial score (nSPS) is 12.6. The monoisotopic (exact) mass is 312 g/mol. The molecule has 1 atom stereocenters. The van der Waals surface area contributed by atoms with E-state index in [1.807, 2.05) is 35.0 Å². The molecule has 1 N–H and O–H groups in total. The summed E-state index contributed by atoms with van der Waals surface area (Å²) in [5.74, 6) is 0. The number of aromatic nitrogens is 2. The molecule has 1 heterocycles. The quantitative estimate of drug-likeness (QED) is 0.681. The molecule has 0 fully saturated rings. The molecule has 0 radical (unpaired) electrons. The largest absolute Gasteiger partial charge is 0.382 e. The van der Waals surface area contributed by atoms with Gasteiger partial charge in [0.05, 0.1) is 6.33 Å². The highest BCUT2D eigenvalue weighted by Crippen LogP contribution is 2.25. The van der Waals surface area contributed by atoms with Crippen LogP contribution in [-0.4, -0.2) is 20.1 Å². The van der Waals surface area contributed by atoms with E-state index in [-0.39, 0.29) is 0 Å². The van der Waals surface area contributed by atoms with Crippen molar-refractivity contribution in [1.82, 2.24) is 9.55 Å². The lowest BCUT2D eigenvalue weighted by molar-refractivity contribution is 0.245. The second-order valence-electron chi connectivity index (χ2n) is 3.62. The summed E-state index contributed by atoms with van der Waals surface area (Å²) in [4.78, 5) is 5.04. The van der Waals surface area contributed by atoms with Gasteiger partial charge in [-0.3, -0.25) is 0 Å². The zero-order chi connectivity index (χ0) is 12.1. The van der Waals surface area contributed by atoms with Gasteiger partial charge in [-0.25, -0.2) is 4.98 Å². The third-order valence-electron chi connectivity index (χ3n) is 2.28. The molecule has 90 valence electrons. The predicted molar refractivity (Wildman–Crippen MR) is 72.8 cm³/mol. The van der Waals surface area contributed by atoms with E-state index < -0.39 is 5.44 Å². The number of rotatable bonds is 5. The minimum absolute atomic E-state index is 0.390. The zero-order valence-electron chi connectivity index (χ0n) is 9.16. The van der Waals surface area contributed by atoms with Gasteiger partial charge in [-0.15, -0.1) is 0 Å². The van der Waals surface area contributed by atoms with Crippen LogP contribution < -0.4 is 0 Å². The number of thioether (sulfide) groups is 1. The first kappa shape index (κ1) is 12.7. The first-order valence-electron chi connectivity index (χ1n) is 5.30. The van der Waals surface area contributed by atoms with E-state index in [9.17, 15) is 5.11 Å². The number of hydrogen-bond donors (Lipinski definition) is 1. The summed E-state index contributed by atoms with van der Waals surface area (Å²) in [6, 6.07) is 7.94. The van der Waals surface area contributed by atoms with E-state index >= 15 is 0 Å². The van der Waals surface area contributed by atoms with Gasteiger partial charge in [-0.2, -0.15) is 0 Å². The van der Waals surface area contributed by atoms with Crippen LogP contribution in [0.25, 0.3) is 0 Å². The summed E-state index contributed by atoms with van der Waals surface area (Å²) in [6.45, 7) is 0.782. The Kier molecular flexibility index (Phi) is 4.65. The number of nitrogens with zero attached hydrogens (tertiary/aromatic N) is 2. The molecule has 0 aliphatic rings. The number of halogens is 1. The molecule has 5 heteroatoms. The summed E-state index contributed by atoms with van der Waals surface area (Å²) < 4.78 is 3.01. The lowest BCUT2D eigenvalue weighted by atomic mass is 10.4. The average molecular weight is 313 g/mol. The molecule has 0 saturated carbocycles. The molecule has 1 unspecified atom stereocenters. The fourth-order valence-corrected chi connectivity index (χ4v) is 2.50. The second-order valence-corrected chi connectivity index (χ2v) is 5.78. The van der Waals surface area contributed by atoms with Crippen LogP contribution in [0.15, 0.2) is 52.4 Å². The number of benzene rings is 1. The third kappa shape index (κ3) is 4.18. The summed E-state index contributed by atoms with van der Waals surface area (Å²) in [5.41, 5.74) is -0.390. The zero-order valence-corrected chi connectivity index (χ0v) is 11.6. The Morgan fingerprint density at radius 1 is 1.35 bits per heavy atom. The predicted octanol–water partition coefficient (Wildman–Crippen LogP) is 3.15. The number of imidazole rings is 1. The second kappa shape index (κ2) is 6.23. The Morgan fingerprint density at radius 2 is 2.12 bits per heavy atom. The maximum absolute atomic E-state index is 9.89. The topological polar surface area (TPSA) is 38.0 Å². The molecule has 0 aliphatic carbocycles. The number of aliphatic hydroxyl groups excluding tert-OH is 1. The Hall–Kier alpha value is -0.780. The van der Waals surface area contributed by atoms with Crippen LogP contribution in [0.3, 0.4) is 0 Å². The van der Waals surface area contributed by atoms with Crippen molar-refractivity contribution >= 4 is 27.7 Å². The van der Waals surface area contributed by atoms with Crippen LogP contribution in [0.1, 0.15) is 6.42 Å².